The zero-order chi connectivity index (χ0) is 14.8. The molecule has 2 aromatic carbocycles. The first kappa shape index (κ1) is 13.8. The lowest BCUT2D eigenvalue weighted by Gasteiger charge is -2.09. The van der Waals surface area contributed by atoms with Gasteiger partial charge in [-0.25, -0.2) is 4.98 Å². The first-order valence-corrected chi connectivity index (χ1v) is 7.37. The van der Waals surface area contributed by atoms with Gasteiger partial charge in [0.05, 0.1) is 5.69 Å². The molecule has 0 aliphatic carbocycles. The van der Waals surface area contributed by atoms with Crippen molar-refractivity contribution in [2.75, 3.05) is 0 Å². The third-order valence-electron chi connectivity index (χ3n) is 3.31. The van der Waals surface area contributed by atoms with Crippen LogP contribution in [0.2, 0.25) is 0 Å². The van der Waals surface area contributed by atoms with Gasteiger partial charge in [0.25, 0.3) is 5.56 Å². The van der Waals surface area contributed by atoms with E-state index in [0.29, 0.717) is 16.0 Å². The Labute approximate surface area is 130 Å². The van der Waals surface area contributed by atoms with Crippen molar-refractivity contribution >= 4 is 15.9 Å². The van der Waals surface area contributed by atoms with Gasteiger partial charge in [0, 0.05) is 11.1 Å². The average Bonchev–Trinajstić information content (AvgIpc) is 2.51. The number of hydrogen-bond donors (Lipinski definition) is 1. The number of nitrogens with zero attached hydrogens (tertiary/aromatic N) is 1. The minimum Gasteiger partial charge on any atom is -0.306 e. The first-order chi connectivity index (χ1) is 10.2. The fraction of sp³-hybridized carbons (Fsp3) is 0.0588. The monoisotopic (exact) mass is 340 g/mol. The van der Waals surface area contributed by atoms with Crippen LogP contribution in [0.3, 0.4) is 0 Å². The maximum atomic E-state index is 12.2. The largest absolute Gasteiger partial charge is 0.306 e. The van der Waals surface area contributed by atoms with E-state index in [0.717, 1.165) is 16.7 Å². The summed E-state index contributed by atoms with van der Waals surface area (Å²) in [6.07, 6.45) is 0. The molecule has 104 valence electrons. The molecule has 0 spiro atoms. The van der Waals surface area contributed by atoms with Crippen LogP contribution >= 0.6 is 15.9 Å². The minimum absolute atomic E-state index is 0.179. The predicted molar refractivity (Wildman–Crippen MR) is 88.2 cm³/mol. The van der Waals surface area contributed by atoms with Crippen LogP contribution in [-0.2, 0) is 0 Å². The summed E-state index contributed by atoms with van der Waals surface area (Å²) in [5.74, 6) is 0.583. The molecule has 3 aromatic rings. The van der Waals surface area contributed by atoms with Gasteiger partial charge in [0.15, 0.2) is 0 Å². The Hall–Kier alpha value is -2.20. The standard InChI is InChI=1S/C17H13BrN2O/c1-11-7-5-6-10-13(11)16-19-15(14(18)17(21)20-16)12-8-3-2-4-9-12/h2-10H,1H3,(H,19,20,21). The summed E-state index contributed by atoms with van der Waals surface area (Å²) in [5.41, 5.74) is 3.38. The van der Waals surface area contributed by atoms with Gasteiger partial charge in [0.1, 0.15) is 10.3 Å². The summed E-state index contributed by atoms with van der Waals surface area (Å²) in [7, 11) is 0. The third-order valence-corrected chi connectivity index (χ3v) is 4.05. The van der Waals surface area contributed by atoms with E-state index in [-0.39, 0.29) is 5.56 Å². The number of aromatic nitrogens is 2. The Morgan fingerprint density at radius 3 is 2.38 bits per heavy atom. The highest BCUT2D eigenvalue weighted by molar-refractivity contribution is 9.10. The van der Waals surface area contributed by atoms with Crippen molar-refractivity contribution in [1.82, 2.24) is 9.97 Å². The highest BCUT2D eigenvalue weighted by Gasteiger charge is 2.12. The minimum atomic E-state index is -0.179. The molecule has 4 heteroatoms. The molecule has 1 heterocycles. The van der Waals surface area contributed by atoms with Crippen LogP contribution in [0.15, 0.2) is 63.9 Å². The maximum absolute atomic E-state index is 12.2. The molecule has 0 amide bonds. The lowest BCUT2D eigenvalue weighted by atomic mass is 10.1. The van der Waals surface area contributed by atoms with Crippen LogP contribution < -0.4 is 5.56 Å². The van der Waals surface area contributed by atoms with Gasteiger partial charge >= 0.3 is 0 Å². The number of halogens is 1. The number of H-pyrrole nitrogens is 1. The van der Waals surface area contributed by atoms with E-state index in [1.54, 1.807) is 0 Å². The topological polar surface area (TPSA) is 45.8 Å². The second-order valence-electron chi connectivity index (χ2n) is 4.76. The van der Waals surface area contributed by atoms with Crippen LogP contribution in [0.1, 0.15) is 5.56 Å². The second kappa shape index (κ2) is 5.66. The van der Waals surface area contributed by atoms with Gasteiger partial charge in [0.2, 0.25) is 0 Å². The first-order valence-electron chi connectivity index (χ1n) is 6.58. The van der Waals surface area contributed by atoms with E-state index in [4.69, 9.17) is 0 Å². The highest BCUT2D eigenvalue weighted by atomic mass is 79.9. The molecule has 0 saturated heterocycles. The Kier molecular flexibility index (Phi) is 3.71. The molecular formula is C17H13BrN2O. The Balaban J connectivity index is 2.24. The van der Waals surface area contributed by atoms with E-state index < -0.39 is 0 Å². The summed E-state index contributed by atoms with van der Waals surface area (Å²) in [5, 5.41) is 0. The quantitative estimate of drug-likeness (QED) is 0.760. The fourth-order valence-corrected chi connectivity index (χ4v) is 2.63. The number of nitrogens with one attached hydrogen (secondary N) is 1. The van der Waals surface area contributed by atoms with Crippen molar-refractivity contribution in [2.24, 2.45) is 0 Å². The van der Waals surface area contributed by atoms with E-state index in [9.17, 15) is 4.79 Å². The molecule has 0 bridgehead atoms. The maximum Gasteiger partial charge on any atom is 0.266 e. The van der Waals surface area contributed by atoms with Gasteiger partial charge in [-0.3, -0.25) is 4.79 Å². The molecule has 0 unspecified atom stereocenters. The molecule has 0 aliphatic heterocycles. The molecule has 0 radical (unpaired) electrons. The number of aromatic amines is 1. The van der Waals surface area contributed by atoms with Gasteiger partial charge in [-0.1, -0.05) is 54.6 Å². The molecular weight excluding hydrogens is 328 g/mol. The second-order valence-corrected chi connectivity index (χ2v) is 5.55. The summed E-state index contributed by atoms with van der Waals surface area (Å²) in [6, 6.07) is 17.5. The van der Waals surface area contributed by atoms with Gasteiger partial charge in [-0.05, 0) is 28.4 Å². The van der Waals surface area contributed by atoms with E-state index >= 15 is 0 Å². The van der Waals surface area contributed by atoms with Gasteiger partial charge in [-0.2, -0.15) is 0 Å². The van der Waals surface area contributed by atoms with Gasteiger partial charge < -0.3 is 4.98 Å². The molecule has 21 heavy (non-hydrogen) atoms. The molecule has 0 atom stereocenters. The van der Waals surface area contributed by atoms with Crippen molar-refractivity contribution in [3.8, 4) is 22.6 Å². The number of aryl methyl sites for hydroxylation is 1. The number of hydrogen-bond acceptors (Lipinski definition) is 2. The van der Waals surface area contributed by atoms with Crippen molar-refractivity contribution in [1.29, 1.82) is 0 Å². The molecule has 0 fully saturated rings. The predicted octanol–water partition coefficient (Wildman–Crippen LogP) is 4.17. The summed E-state index contributed by atoms with van der Waals surface area (Å²) >= 11 is 3.34. The zero-order valence-electron chi connectivity index (χ0n) is 11.4. The van der Waals surface area contributed by atoms with Crippen molar-refractivity contribution < 1.29 is 0 Å². The van der Waals surface area contributed by atoms with Crippen LogP contribution in [0, 0.1) is 6.92 Å². The normalized spacial score (nSPS) is 10.6. The molecule has 3 rings (SSSR count). The molecule has 1 N–H and O–H groups in total. The Bertz CT molecular complexity index is 841. The average molecular weight is 341 g/mol. The molecule has 1 aromatic heterocycles. The number of rotatable bonds is 2. The number of benzene rings is 2. The van der Waals surface area contributed by atoms with Crippen LogP contribution in [-0.4, -0.2) is 9.97 Å². The highest BCUT2D eigenvalue weighted by Crippen LogP contribution is 2.26. The summed E-state index contributed by atoms with van der Waals surface area (Å²) < 4.78 is 0.450. The Morgan fingerprint density at radius 1 is 1.00 bits per heavy atom. The molecule has 0 saturated carbocycles. The van der Waals surface area contributed by atoms with Crippen LogP contribution in [0.4, 0.5) is 0 Å². The van der Waals surface area contributed by atoms with E-state index in [1.165, 1.54) is 0 Å². The lowest BCUT2D eigenvalue weighted by Crippen LogP contribution is -2.12. The van der Waals surface area contributed by atoms with Crippen LogP contribution in [0.5, 0.6) is 0 Å². The third kappa shape index (κ3) is 2.67. The fourth-order valence-electron chi connectivity index (χ4n) is 2.21. The smallest absolute Gasteiger partial charge is 0.266 e. The summed E-state index contributed by atoms with van der Waals surface area (Å²) in [4.78, 5) is 19.6. The summed E-state index contributed by atoms with van der Waals surface area (Å²) in [6.45, 7) is 2.00. The zero-order valence-corrected chi connectivity index (χ0v) is 13.0. The van der Waals surface area contributed by atoms with Crippen molar-refractivity contribution in [3.05, 3.63) is 75.0 Å². The van der Waals surface area contributed by atoms with Crippen molar-refractivity contribution in [2.45, 2.75) is 6.92 Å². The van der Waals surface area contributed by atoms with Crippen molar-refractivity contribution in [3.63, 3.8) is 0 Å². The SMILES string of the molecule is Cc1ccccc1-c1nc(-c2ccccc2)c(Br)c(=O)[nH]1. The van der Waals surface area contributed by atoms with Crippen LogP contribution in [0.25, 0.3) is 22.6 Å². The van der Waals surface area contributed by atoms with E-state index in [2.05, 4.69) is 25.9 Å². The molecule has 3 nitrogen and oxygen atoms in total. The lowest BCUT2D eigenvalue weighted by molar-refractivity contribution is 1.11. The molecule has 0 aliphatic rings. The Morgan fingerprint density at radius 2 is 1.67 bits per heavy atom. The van der Waals surface area contributed by atoms with Gasteiger partial charge in [-0.15, -0.1) is 0 Å². The van der Waals surface area contributed by atoms with E-state index in [1.807, 2.05) is 61.5 Å².